The van der Waals surface area contributed by atoms with E-state index in [1.165, 1.54) is 7.05 Å². The lowest BCUT2D eigenvalue weighted by Gasteiger charge is -2.20. The molecule has 0 aliphatic carbocycles. The fourth-order valence-corrected chi connectivity index (χ4v) is 2.43. The van der Waals surface area contributed by atoms with Gasteiger partial charge in [-0.2, -0.15) is 12.7 Å². The summed E-state index contributed by atoms with van der Waals surface area (Å²) in [5.41, 5.74) is 0.313. The number of benzene rings is 1. The van der Waals surface area contributed by atoms with Crippen molar-refractivity contribution in [3.05, 3.63) is 24.3 Å². The molecule has 0 saturated heterocycles. The number of hydrogen-bond acceptors (Lipinski definition) is 4. The zero-order valence-corrected chi connectivity index (χ0v) is 13.1. The van der Waals surface area contributed by atoms with Crippen LogP contribution in [0.15, 0.2) is 24.3 Å². The molecule has 2 N–H and O–H groups in total. The van der Waals surface area contributed by atoms with Crippen molar-refractivity contribution in [2.75, 3.05) is 18.3 Å². The molecule has 1 aromatic carbocycles. The zero-order valence-electron chi connectivity index (χ0n) is 12.2. The normalized spacial score (nSPS) is 11.7. The van der Waals surface area contributed by atoms with E-state index in [1.807, 2.05) is 13.8 Å². The lowest BCUT2D eigenvalue weighted by Crippen LogP contribution is -2.34. The molecule has 21 heavy (non-hydrogen) atoms. The Balaban J connectivity index is 2.86. The van der Waals surface area contributed by atoms with Gasteiger partial charge in [-0.15, -0.1) is 0 Å². The largest absolute Gasteiger partial charge is 0.489 e. The predicted molar refractivity (Wildman–Crippen MR) is 79.6 cm³/mol. The number of carboxylic acid groups (broad SMARTS) is 1. The van der Waals surface area contributed by atoms with E-state index < -0.39 is 16.2 Å². The Kier molecular flexibility index (Phi) is 5.98. The minimum atomic E-state index is -3.83. The summed E-state index contributed by atoms with van der Waals surface area (Å²) in [6.45, 7) is 3.56. The maximum atomic E-state index is 12.1. The van der Waals surface area contributed by atoms with E-state index in [-0.39, 0.29) is 19.1 Å². The smallest absolute Gasteiger partial charge is 0.304 e. The third-order valence-corrected chi connectivity index (χ3v) is 4.02. The molecule has 8 heteroatoms. The standard InChI is InChI=1S/C13H20N2O5S/c1-10(2)20-12-7-5-4-6-11(12)14-21(18,19)15(3)9-8-13(16)17/h4-7,10,14H,8-9H2,1-3H3,(H,16,17). The molecule has 1 aromatic rings. The maximum absolute atomic E-state index is 12.1. The van der Waals surface area contributed by atoms with Gasteiger partial charge in [0.05, 0.1) is 18.2 Å². The van der Waals surface area contributed by atoms with E-state index >= 15 is 0 Å². The first-order valence-electron chi connectivity index (χ1n) is 6.44. The van der Waals surface area contributed by atoms with Gasteiger partial charge in [0.1, 0.15) is 5.75 Å². The molecule has 0 atom stereocenters. The van der Waals surface area contributed by atoms with Crippen LogP contribution in [-0.4, -0.2) is 43.5 Å². The van der Waals surface area contributed by atoms with Crippen LogP contribution in [0.25, 0.3) is 0 Å². The third-order valence-electron chi connectivity index (χ3n) is 2.54. The fraction of sp³-hybridized carbons (Fsp3) is 0.462. The average Bonchev–Trinajstić information content (AvgIpc) is 2.37. The van der Waals surface area contributed by atoms with E-state index in [9.17, 15) is 13.2 Å². The van der Waals surface area contributed by atoms with Crippen LogP contribution in [0.5, 0.6) is 5.75 Å². The molecule has 0 aliphatic heterocycles. The summed E-state index contributed by atoms with van der Waals surface area (Å²) in [5, 5.41) is 8.60. The van der Waals surface area contributed by atoms with E-state index in [1.54, 1.807) is 24.3 Å². The van der Waals surface area contributed by atoms with Crippen LogP contribution in [0.3, 0.4) is 0 Å². The summed E-state index contributed by atoms with van der Waals surface area (Å²) in [7, 11) is -2.51. The Morgan fingerprint density at radius 2 is 2.00 bits per heavy atom. The molecule has 0 heterocycles. The van der Waals surface area contributed by atoms with Gasteiger partial charge in [-0.3, -0.25) is 9.52 Å². The predicted octanol–water partition coefficient (Wildman–Crippen LogP) is 1.54. The molecule has 7 nitrogen and oxygen atoms in total. The molecular formula is C13H20N2O5S. The third kappa shape index (κ3) is 5.60. The molecule has 1 rings (SSSR count). The highest BCUT2D eigenvalue weighted by molar-refractivity contribution is 7.90. The quantitative estimate of drug-likeness (QED) is 0.758. The molecular weight excluding hydrogens is 296 g/mol. The maximum Gasteiger partial charge on any atom is 0.304 e. The van der Waals surface area contributed by atoms with Crippen molar-refractivity contribution < 1.29 is 23.1 Å². The van der Waals surface area contributed by atoms with Crippen LogP contribution in [0, 0.1) is 0 Å². The Morgan fingerprint density at radius 3 is 2.57 bits per heavy atom. The van der Waals surface area contributed by atoms with Gasteiger partial charge in [0.25, 0.3) is 0 Å². The number of nitrogens with zero attached hydrogens (tertiary/aromatic N) is 1. The Labute approximate surface area is 124 Å². The van der Waals surface area contributed by atoms with Gasteiger partial charge in [-0.05, 0) is 26.0 Å². The van der Waals surface area contributed by atoms with Crippen LogP contribution in [0.1, 0.15) is 20.3 Å². The van der Waals surface area contributed by atoms with E-state index in [4.69, 9.17) is 9.84 Å². The number of ether oxygens (including phenoxy) is 1. The summed E-state index contributed by atoms with van der Waals surface area (Å²) in [4.78, 5) is 10.5. The molecule has 118 valence electrons. The van der Waals surface area contributed by atoms with Gasteiger partial charge in [0.2, 0.25) is 0 Å². The van der Waals surface area contributed by atoms with Crippen molar-refractivity contribution >= 4 is 21.9 Å². The van der Waals surface area contributed by atoms with Crippen molar-refractivity contribution in [2.45, 2.75) is 26.4 Å². The molecule has 0 aliphatic rings. The van der Waals surface area contributed by atoms with Crippen LogP contribution in [-0.2, 0) is 15.0 Å². The first-order valence-corrected chi connectivity index (χ1v) is 7.88. The van der Waals surface area contributed by atoms with Crippen LogP contribution < -0.4 is 9.46 Å². The van der Waals surface area contributed by atoms with Crippen LogP contribution >= 0.6 is 0 Å². The molecule has 0 saturated carbocycles. The summed E-state index contributed by atoms with van der Waals surface area (Å²) < 4.78 is 33.1. The second-order valence-corrected chi connectivity index (χ2v) is 6.51. The lowest BCUT2D eigenvalue weighted by molar-refractivity contribution is -0.137. The number of carboxylic acids is 1. The number of hydrogen-bond donors (Lipinski definition) is 2. The van der Waals surface area contributed by atoms with Crippen molar-refractivity contribution in [1.29, 1.82) is 0 Å². The molecule has 0 radical (unpaired) electrons. The highest BCUT2D eigenvalue weighted by atomic mass is 32.2. The van der Waals surface area contributed by atoms with Gasteiger partial charge in [0, 0.05) is 13.6 Å². The van der Waals surface area contributed by atoms with Crippen molar-refractivity contribution in [2.24, 2.45) is 0 Å². The second-order valence-electron chi connectivity index (χ2n) is 4.74. The topological polar surface area (TPSA) is 95.9 Å². The average molecular weight is 316 g/mol. The molecule has 0 aromatic heterocycles. The number of carbonyl (C=O) groups is 1. The summed E-state index contributed by atoms with van der Waals surface area (Å²) in [6.07, 6.45) is -0.359. The minimum Gasteiger partial charge on any atom is -0.489 e. The zero-order chi connectivity index (χ0) is 16.0. The van der Waals surface area contributed by atoms with Crippen molar-refractivity contribution in [3.63, 3.8) is 0 Å². The highest BCUT2D eigenvalue weighted by Crippen LogP contribution is 2.26. The summed E-state index contributed by atoms with van der Waals surface area (Å²) >= 11 is 0. The Bertz CT molecular complexity index is 586. The van der Waals surface area contributed by atoms with Crippen LogP contribution in [0.2, 0.25) is 0 Å². The van der Waals surface area contributed by atoms with Gasteiger partial charge < -0.3 is 9.84 Å². The second kappa shape index (κ2) is 7.28. The molecule has 0 bridgehead atoms. The molecule has 0 amide bonds. The first-order chi connectivity index (χ1) is 9.72. The monoisotopic (exact) mass is 316 g/mol. The van der Waals surface area contributed by atoms with E-state index in [0.717, 1.165) is 4.31 Å². The number of anilines is 1. The van der Waals surface area contributed by atoms with Crippen molar-refractivity contribution in [3.8, 4) is 5.75 Å². The molecule has 0 spiro atoms. The first kappa shape index (κ1) is 17.3. The SMILES string of the molecule is CC(C)Oc1ccccc1NS(=O)(=O)N(C)CCC(=O)O. The molecule has 0 unspecified atom stereocenters. The van der Waals surface area contributed by atoms with Gasteiger partial charge in [0.15, 0.2) is 0 Å². The van der Waals surface area contributed by atoms with Crippen molar-refractivity contribution in [1.82, 2.24) is 4.31 Å². The number of rotatable bonds is 8. The fourth-order valence-electron chi connectivity index (χ4n) is 1.50. The number of aliphatic carboxylic acids is 1. The Hall–Kier alpha value is -1.80. The summed E-state index contributed by atoms with van der Waals surface area (Å²) in [6, 6.07) is 6.67. The highest BCUT2D eigenvalue weighted by Gasteiger charge is 2.20. The lowest BCUT2D eigenvalue weighted by atomic mass is 10.3. The van der Waals surface area contributed by atoms with Gasteiger partial charge in [-0.1, -0.05) is 12.1 Å². The van der Waals surface area contributed by atoms with Crippen LogP contribution in [0.4, 0.5) is 5.69 Å². The molecule has 0 fully saturated rings. The van der Waals surface area contributed by atoms with Gasteiger partial charge >= 0.3 is 16.2 Å². The number of nitrogens with one attached hydrogen (secondary N) is 1. The van der Waals surface area contributed by atoms with E-state index in [2.05, 4.69) is 4.72 Å². The number of para-hydroxylation sites is 2. The Morgan fingerprint density at radius 1 is 1.38 bits per heavy atom. The summed E-state index contributed by atoms with van der Waals surface area (Å²) in [5.74, 6) is -0.636. The van der Waals surface area contributed by atoms with E-state index in [0.29, 0.717) is 11.4 Å². The minimum absolute atomic E-state index is 0.0969. The van der Waals surface area contributed by atoms with Gasteiger partial charge in [-0.25, -0.2) is 0 Å².